The van der Waals surface area contributed by atoms with E-state index in [1.54, 1.807) is 30.3 Å². The van der Waals surface area contributed by atoms with Crippen molar-refractivity contribution in [1.82, 2.24) is 4.90 Å². The summed E-state index contributed by atoms with van der Waals surface area (Å²) in [5, 5.41) is 9.98. The molecule has 1 atom stereocenters. The molecule has 188 valence electrons. The van der Waals surface area contributed by atoms with Crippen molar-refractivity contribution < 1.29 is 19.4 Å². The standard InChI is InChI=1S/C30H32ClNO4/c1-29(2,3)24-10-5-20(6-11-24)16-30(4)17-23-15-22(9-14-26(23)36-30)28(35)32(19-27(33)34)18-21-7-12-25(31)13-8-21/h5-15H,16-19H2,1-4H3,(H,33,34)/t30-/m1/s1. The molecule has 3 aromatic carbocycles. The minimum atomic E-state index is -1.06. The molecular weight excluding hydrogens is 474 g/mol. The molecule has 36 heavy (non-hydrogen) atoms. The summed E-state index contributed by atoms with van der Waals surface area (Å²) in [7, 11) is 0. The first-order chi connectivity index (χ1) is 16.9. The van der Waals surface area contributed by atoms with Gasteiger partial charge in [0.05, 0.1) is 0 Å². The van der Waals surface area contributed by atoms with E-state index < -0.39 is 18.1 Å². The molecule has 0 bridgehead atoms. The van der Waals surface area contributed by atoms with Crippen LogP contribution in [0.5, 0.6) is 5.75 Å². The van der Waals surface area contributed by atoms with Gasteiger partial charge in [0.25, 0.3) is 5.91 Å². The van der Waals surface area contributed by atoms with E-state index in [0.717, 1.165) is 23.3 Å². The van der Waals surface area contributed by atoms with E-state index in [4.69, 9.17) is 16.3 Å². The number of hydrogen-bond acceptors (Lipinski definition) is 3. The molecule has 1 aliphatic rings. The Balaban J connectivity index is 1.50. The lowest BCUT2D eigenvalue weighted by molar-refractivity contribution is -0.137. The Morgan fingerprint density at radius 2 is 1.64 bits per heavy atom. The lowest BCUT2D eigenvalue weighted by Gasteiger charge is -2.25. The molecular formula is C30H32ClNO4. The number of carbonyl (C=O) groups excluding carboxylic acids is 1. The van der Waals surface area contributed by atoms with E-state index in [1.807, 2.05) is 12.1 Å². The molecule has 0 unspecified atom stereocenters. The Labute approximate surface area is 217 Å². The van der Waals surface area contributed by atoms with Gasteiger partial charge in [-0.15, -0.1) is 0 Å². The van der Waals surface area contributed by atoms with Gasteiger partial charge in [0, 0.05) is 30.0 Å². The van der Waals surface area contributed by atoms with Crippen LogP contribution in [-0.4, -0.2) is 34.0 Å². The third-order valence-corrected chi connectivity index (χ3v) is 6.78. The van der Waals surface area contributed by atoms with E-state index in [1.165, 1.54) is 16.0 Å². The normalized spacial score (nSPS) is 16.8. The number of amides is 1. The van der Waals surface area contributed by atoms with Crippen LogP contribution in [0.25, 0.3) is 0 Å². The third-order valence-electron chi connectivity index (χ3n) is 6.53. The van der Waals surface area contributed by atoms with Crippen LogP contribution in [-0.2, 0) is 29.6 Å². The van der Waals surface area contributed by atoms with E-state index in [0.29, 0.717) is 17.0 Å². The number of ether oxygens (including phenoxy) is 1. The zero-order chi connectivity index (χ0) is 26.1. The Morgan fingerprint density at radius 1 is 1.00 bits per heavy atom. The minimum absolute atomic E-state index is 0.105. The highest BCUT2D eigenvalue weighted by molar-refractivity contribution is 6.30. The number of carbonyl (C=O) groups is 2. The highest BCUT2D eigenvalue weighted by atomic mass is 35.5. The zero-order valence-electron chi connectivity index (χ0n) is 21.2. The van der Waals surface area contributed by atoms with Crippen molar-refractivity contribution >= 4 is 23.5 Å². The summed E-state index contributed by atoms with van der Waals surface area (Å²) in [5.41, 5.74) is 4.39. The van der Waals surface area contributed by atoms with Crippen molar-refractivity contribution in [2.24, 2.45) is 0 Å². The first-order valence-corrected chi connectivity index (χ1v) is 12.5. The van der Waals surface area contributed by atoms with Crippen molar-refractivity contribution in [3.8, 4) is 5.75 Å². The predicted octanol–water partition coefficient (Wildman–Crippen LogP) is 6.30. The summed E-state index contributed by atoms with van der Waals surface area (Å²) in [6, 6.07) is 21.1. The van der Waals surface area contributed by atoms with Crippen LogP contribution in [0.15, 0.2) is 66.7 Å². The average molecular weight is 506 g/mol. The molecule has 6 heteroatoms. The van der Waals surface area contributed by atoms with Crippen molar-refractivity contribution in [3.63, 3.8) is 0 Å². The van der Waals surface area contributed by atoms with E-state index in [2.05, 4.69) is 52.0 Å². The van der Waals surface area contributed by atoms with Crippen molar-refractivity contribution in [1.29, 1.82) is 0 Å². The molecule has 3 aromatic rings. The summed E-state index contributed by atoms with van der Waals surface area (Å²) in [6.45, 7) is 8.48. The number of nitrogens with zero attached hydrogens (tertiary/aromatic N) is 1. The summed E-state index contributed by atoms with van der Waals surface area (Å²) in [5.74, 6) is -0.628. The topological polar surface area (TPSA) is 66.8 Å². The lowest BCUT2D eigenvalue weighted by Crippen LogP contribution is -2.35. The van der Waals surface area contributed by atoms with Gasteiger partial charge >= 0.3 is 5.97 Å². The maximum Gasteiger partial charge on any atom is 0.323 e. The molecule has 1 heterocycles. The maximum absolute atomic E-state index is 13.3. The second-order valence-electron chi connectivity index (χ2n) is 10.9. The van der Waals surface area contributed by atoms with Gasteiger partial charge in [-0.05, 0) is 64.9 Å². The molecule has 0 aromatic heterocycles. The number of aliphatic carboxylic acids is 1. The largest absolute Gasteiger partial charge is 0.487 e. The second-order valence-corrected chi connectivity index (χ2v) is 11.3. The second kappa shape index (κ2) is 9.98. The Bertz CT molecular complexity index is 1260. The molecule has 1 amide bonds. The van der Waals surface area contributed by atoms with Gasteiger partial charge in [0.1, 0.15) is 17.9 Å². The summed E-state index contributed by atoms with van der Waals surface area (Å²) in [4.78, 5) is 26.1. The SMILES string of the molecule is CC(C)(C)c1ccc(C[C@]2(C)Cc3cc(C(=O)N(CC(=O)O)Cc4ccc(Cl)cc4)ccc3O2)cc1. The van der Waals surface area contributed by atoms with E-state index in [-0.39, 0.29) is 17.9 Å². The fourth-order valence-electron chi connectivity index (χ4n) is 4.66. The number of carboxylic acid groups (broad SMARTS) is 1. The van der Waals surface area contributed by atoms with Gasteiger partial charge in [-0.1, -0.05) is 68.8 Å². The van der Waals surface area contributed by atoms with Gasteiger partial charge in [-0.3, -0.25) is 9.59 Å². The van der Waals surface area contributed by atoms with Gasteiger partial charge in [-0.25, -0.2) is 0 Å². The molecule has 4 rings (SSSR count). The van der Waals surface area contributed by atoms with Crippen LogP contribution in [0.3, 0.4) is 0 Å². The molecule has 1 aliphatic heterocycles. The van der Waals surface area contributed by atoms with Gasteiger partial charge in [-0.2, -0.15) is 0 Å². The molecule has 0 radical (unpaired) electrons. The van der Waals surface area contributed by atoms with Gasteiger partial charge in [0.2, 0.25) is 0 Å². The fraction of sp³-hybridized carbons (Fsp3) is 0.333. The van der Waals surface area contributed by atoms with Gasteiger partial charge < -0.3 is 14.7 Å². The monoisotopic (exact) mass is 505 g/mol. The zero-order valence-corrected chi connectivity index (χ0v) is 21.9. The number of rotatable bonds is 7. The molecule has 0 aliphatic carbocycles. The lowest BCUT2D eigenvalue weighted by atomic mass is 9.85. The number of fused-ring (bicyclic) bond motifs is 1. The number of carboxylic acids is 1. The minimum Gasteiger partial charge on any atom is -0.487 e. The van der Waals surface area contributed by atoms with Crippen LogP contribution in [0, 0.1) is 0 Å². The summed E-state index contributed by atoms with van der Waals surface area (Å²) >= 11 is 5.96. The Hall–Kier alpha value is -3.31. The smallest absolute Gasteiger partial charge is 0.323 e. The third kappa shape index (κ3) is 6.08. The number of halogens is 1. The average Bonchev–Trinajstić information content (AvgIpc) is 3.13. The molecule has 0 saturated carbocycles. The molecule has 0 spiro atoms. The molecule has 0 fully saturated rings. The first-order valence-electron chi connectivity index (χ1n) is 12.1. The Kier molecular flexibility index (Phi) is 7.14. The van der Waals surface area contributed by atoms with Crippen molar-refractivity contribution in [2.45, 2.75) is 58.1 Å². The number of benzene rings is 3. The highest BCUT2D eigenvalue weighted by Crippen LogP contribution is 2.38. The van der Waals surface area contributed by atoms with Crippen molar-refractivity contribution in [3.05, 3.63) is 99.6 Å². The van der Waals surface area contributed by atoms with Crippen LogP contribution in [0.4, 0.5) is 0 Å². The van der Waals surface area contributed by atoms with Crippen LogP contribution >= 0.6 is 11.6 Å². The maximum atomic E-state index is 13.3. The van der Waals surface area contributed by atoms with Crippen LogP contribution in [0.2, 0.25) is 5.02 Å². The molecule has 1 N–H and O–H groups in total. The molecule has 0 saturated heterocycles. The quantitative estimate of drug-likeness (QED) is 0.409. The van der Waals surface area contributed by atoms with E-state index in [9.17, 15) is 14.7 Å². The fourth-order valence-corrected chi connectivity index (χ4v) is 4.79. The summed E-state index contributed by atoms with van der Waals surface area (Å²) in [6.07, 6.45) is 1.41. The first kappa shape index (κ1) is 25.8. The highest BCUT2D eigenvalue weighted by Gasteiger charge is 2.35. The van der Waals surface area contributed by atoms with Crippen LogP contribution in [0.1, 0.15) is 60.3 Å². The predicted molar refractivity (Wildman–Crippen MR) is 142 cm³/mol. The molecule has 5 nitrogen and oxygen atoms in total. The summed E-state index contributed by atoms with van der Waals surface area (Å²) < 4.78 is 6.33. The van der Waals surface area contributed by atoms with Crippen LogP contribution < -0.4 is 4.74 Å². The van der Waals surface area contributed by atoms with Gasteiger partial charge in [0.15, 0.2) is 0 Å². The van der Waals surface area contributed by atoms with E-state index >= 15 is 0 Å². The number of hydrogen-bond donors (Lipinski definition) is 1. The van der Waals surface area contributed by atoms with Crippen molar-refractivity contribution in [2.75, 3.05) is 6.54 Å². The Morgan fingerprint density at radius 3 is 2.25 bits per heavy atom.